The fourth-order valence-electron chi connectivity index (χ4n) is 5.06. The van der Waals surface area contributed by atoms with E-state index in [0.717, 1.165) is 0 Å². The molecule has 6 aromatic carbocycles. The fourth-order valence-corrected chi connectivity index (χ4v) is 5.06. The number of H-pyrrole nitrogens is 1. The van der Waals surface area contributed by atoms with Crippen molar-refractivity contribution in [3.63, 3.8) is 0 Å². The molecule has 1 aromatic heterocycles. The van der Waals surface area contributed by atoms with Gasteiger partial charge in [-0.25, -0.2) is 0 Å². The average Bonchev–Trinajstić information content (AvgIpc) is 3.20. The Morgan fingerprint density at radius 3 is 2.10 bits per heavy atom. The van der Waals surface area contributed by atoms with Crippen LogP contribution in [-0.2, 0) is 0 Å². The zero-order valence-electron chi connectivity index (χ0n) is 16.9. The van der Waals surface area contributed by atoms with Gasteiger partial charge in [0, 0.05) is 21.8 Å². The van der Waals surface area contributed by atoms with Crippen molar-refractivity contribution in [1.29, 1.82) is 0 Å². The Morgan fingerprint density at radius 2 is 1.16 bits per heavy atom. The van der Waals surface area contributed by atoms with E-state index in [2.05, 4.69) is 114 Å². The van der Waals surface area contributed by atoms with E-state index < -0.39 is 0 Å². The van der Waals surface area contributed by atoms with Gasteiger partial charge in [0.25, 0.3) is 0 Å². The second-order valence-corrected chi connectivity index (χ2v) is 8.32. The minimum Gasteiger partial charge on any atom is -0.355 e. The molecule has 0 amide bonds. The first-order valence-electron chi connectivity index (χ1n) is 10.7. The smallest absolute Gasteiger partial charge is 0.0465 e. The molecule has 1 heterocycles. The summed E-state index contributed by atoms with van der Waals surface area (Å²) in [6.45, 7) is 0. The number of nitrogens with one attached hydrogen (secondary N) is 1. The van der Waals surface area contributed by atoms with Crippen LogP contribution in [-0.4, -0.2) is 4.98 Å². The maximum atomic E-state index is 3.54. The number of rotatable bonds is 1. The van der Waals surface area contributed by atoms with Crippen LogP contribution in [0.1, 0.15) is 0 Å². The largest absolute Gasteiger partial charge is 0.355 e. The van der Waals surface area contributed by atoms with Gasteiger partial charge < -0.3 is 4.98 Å². The number of aromatic amines is 1. The Bertz CT molecular complexity index is 1790. The van der Waals surface area contributed by atoms with Crippen molar-refractivity contribution >= 4 is 54.1 Å². The quantitative estimate of drug-likeness (QED) is 0.213. The highest BCUT2D eigenvalue weighted by Gasteiger charge is 2.11. The summed E-state index contributed by atoms with van der Waals surface area (Å²) in [5.41, 5.74) is 4.90. The zero-order chi connectivity index (χ0) is 20.4. The van der Waals surface area contributed by atoms with Gasteiger partial charge in [0.05, 0.1) is 0 Å². The topological polar surface area (TPSA) is 15.8 Å². The molecule has 0 aliphatic heterocycles. The molecular weight excluding hydrogens is 374 g/mol. The predicted molar refractivity (Wildman–Crippen MR) is 134 cm³/mol. The highest BCUT2D eigenvalue weighted by Crippen LogP contribution is 2.38. The third-order valence-electron chi connectivity index (χ3n) is 6.54. The maximum Gasteiger partial charge on any atom is 0.0465 e. The Morgan fingerprint density at radius 1 is 0.419 bits per heavy atom. The third-order valence-corrected chi connectivity index (χ3v) is 6.54. The fraction of sp³-hybridized carbons (Fsp3) is 0. The standard InChI is InChI=1S/C30H19N/c1-2-7-21-17-26-22(16-20(21)6-1)13-12-19-8-5-10-24(30(19)26)23-14-15-29-27(18-23)25-9-3-4-11-28(25)31-29/h1-18,31H. The first-order chi connectivity index (χ1) is 15.3. The van der Waals surface area contributed by atoms with Gasteiger partial charge in [0.15, 0.2) is 0 Å². The molecule has 0 aliphatic carbocycles. The van der Waals surface area contributed by atoms with Crippen molar-refractivity contribution in [1.82, 2.24) is 4.98 Å². The summed E-state index contributed by atoms with van der Waals surface area (Å²) >= 11 is 0. The number of hydrogen-bond donors (Lipinski definition) is 1. The number of aromatic nitrogens is 1. The molecule has 7 rings (SSSR count). The molecule has 0 atom stereocenters. The third kappa shape index (κ3) is 2.44. The minimum absolute atomic E-state index is 1.18. The Balaban J connectivity index is 1.59. The first kappa shape index (κ1) is 16.7. The number of hydrogen-bond acceptors (Lipinski definition) is 0. The number of benzene rings is 6. The molecule has 1 nitrogen and oxygen atoms in total. The predicted octanol–water partition coefficient (Wildman–Crippen LogP) is 8.45. The lowest BCUT2D eigenvalue weighted by atomic mass is 9.92. The molecular formula is C30H19N. The van der Waals surface area contributed by atoms with E-state index >= 15 is 0 Å². The van der Waals surface area contributed by atoms with Crippen molar-refractivity contribution in [2.45, 2.75) is 0 Å². The Kier molecular flexibility index (Phi) is 3.33. The van der Waals surface area contributed by atoms with Gasteiger partial charge in [-0.3, -0.25) is 0 Å². The highest BCUT2D eigenvalue weighted by molar-refractivity contribution is 6.18. The van der Waals surface area contributed by atoms with Gasteiger partial charge in [0.1, 0.15) is 0 Å². The summed E-state index contributed by atoms with van der Waals surface area (Å²) in [7, 11) is 0. The van der Waals surface area contributed by atoms with E-state index in [1.54, 1.807) is 0 Å². The summed E-state index contributed by atoms with van der Waals surface area (Å²) in [5, 5.41) is 10.3. The first-order valence-corrected chi connectivity index (χ1v) is 10.7. The number of fused-ring (bicyclic) bond motifs is 7. The van der Waals surface area contributed by atoms with Crippen molar-refractivity contribution in [3.8, 4) is 11.1 Å². The zero-order valence-corrected chi connectivity index (χ0v) is 16.9. The summed E-state index contributed by atoms with van der Waals surface area (Å²) in [6, 6.07) is 39.7. The minimum atomic E-state index is 1.18. The van der Waals surface area contributed by atoms with E-state index in [1.165, 1.54) is 65.3 Å². The SMILES string of the molecule is c1ccc2cc3c(ccc4cccc(-c5ccc6[nH]c7ccccc7c6c5)c43)cc2c1. The Hall–Kier alpha value is -4.10. The molecule has 0 fully saturated rings. The van der Waals surface area contributed by atoms with Crippen LogP contribution in [0, 0.1) is 0 Å². The second kappa shape index (κ2) is 6.20. The van der Waals surface area contributed by atoms with Crippen LogP contribution < -0.4 is 0 Å². The summed E-state index contributed by atoms with van der Waals surface area (Å²) in [4.78, 5) is 3.54. The summed E-state index contributed by atoms with van der Waals surface area (Å²) in [5.74, 6) is 0. The molecule has 1 heteroatoms. The van der Waals surface area contributed by atoms with E-state index in [4.69, 9.17) is 0 Å². The van der Waals surface area contributed by atoms with E-state index in [1.807, 2.05) is 0 Å². The lowest BCUT2D eigenvalue weighted by Gasteiger charge is -2.12. The van der Waals surface area contributed by atoms with Crippen LogP contribution in [0.2, 0.25) is 0 Å². The van der Waals surface area contributed by atoms with E-state index in [9.17, 15) is 0 Å². The molecule has 1 N–H and O–H groups in total. The Labute approximate surface area is 179 Å². The van der Waals surface area contributed by atoms with Crippen LogP contribution in [0.5, 0.6) is 0 Å². The molecule has 0 spiro atoms. The van der Waals surface area contributed by atoms with Crippen LogP contribution in [0.4, 0.5) is 0 Å². The maximum absolute atomic E-state index is 3.54. The lowest BCUT2D eigenvalue weighted by Crippen LogP contribution is -1.85. The van der Waals surface area contributed by atoms with Crippen LogP contribution >= 0.6 is 0 Å². The highest BCUT2D eigenvalue weighted by atomic mass is 14.7. The van der Waals surface area contributed by atoms with Crippen molar-refractivity contribution in [2.24, 2.45) is 0 Å². The second-order valence-electron chi connectivity index (χ2n) is 8.32. The van der Waals surface area contributed by atoms with Gasteiger partial charge in [-0.15, -0.1) is 0 Å². The monoisotopic (exact) mass is 393 g/mol. The van der Waals surface area contributed by atoms with Crippen molar-refractivity contribution in [3.05, 3.63) is 109 Å². The molecule has 7 aromatic rings. The molecule has 31 heavy (non-hydrogen) atoms. The van der Waals surface area contributed by atoms with Crippen LogP contribution in [0.25, 0.3) is 65.3 Å². The molecule has 0 bridgehead atoms. The van der Waals surface area contributed by atoms with Gasteiger partial charge in [-0.1, -0.05) is 78.9 Å². The van der Waals surface area contributed by atoms with Crippen molar-refractivity contribution in [2.75, 3.05) is 0 Å². The van der Waals surface area contributed by atoms with Gasteiger partial charge in [-0.2, -0.15) is 0 Å². The van der Waals surface area contributed by atoms with E-state index in [0.29, 0.717) is 0 Å². The van der Waals surface area contributed by atoms with Gasteiger partial charge >= 0.3 is 0 Å². The molecule has 0 radical (unpaired) electrons. The normalized spacial score (nSPS) is 11.9. The van der Waals surface area contributed by atoms with Gasteiger partial charge in [-0.05, 0) is 73.8 Å². The van der Waals surface area contributed by atoms with Crippen molar-refractivity contribution < 1.29 is 0 Å². The van der Waals surface area contributed by atoms with Gasteiger partial charge in [0.2, 0.25) is 0 Å². The number of para-hydroxylation sites is 1. The van der Waals surface area contributed by atoms with E-state index in [-0.39, 0.29) is 0 Å². The molecule has 0 saturated carbocycles. The van der Waals surface area contributed by atoms with Crippen LogP contribution in [0.15, 0.2) is 109 Å². The molecule has 0 aliphatic rings. The average molecular weight is 393 g/mol. The van der Waals surface area contributed by atoms with Crippen LogP contribution in [0.3, 0.4) is 0 Å². The molecule has 0 unspecified atom stereocenters. The lowest BCUT2D eigenvalue weighted by molar-refractivity contribution is 1.54. The summed E-state index contributed by atoms with van der Waals surface area (Å²) < 4.78 is 0. The summed E-state index contributed by atoms with van der Waals surface area (Å²) in [6.07, 6.45) is 0. The molecule has 144 valence electrons. The molecule has 0 saturated heterocycles.